The summed E-state index contributed by atoms with van der Waals surface area (Å²) in [6, 6.07) is 13.4. The Morgan fingerprint density at radius 3 is 2.30 bits per heavy atom. The predicted molar refractivity (Wildman–Crippen MR) is 108 cm³/mol. The lowest BCUT2D eigenvalue weighted by Gasteiger charge is -2.26. The van der Waals surface area contributed by atoms with Crippen LogP contribution < -0.4 is 16.8 Å². The molecule has 0 spiro atoms. The lowest BCUT2D eigenvalue weighted by Crippen LogP contribution is -2.41. The molecule has 3 rings (SSSR count). The van der Waals surface area contributed by atoms with E-state index in [0.29, 0.717) is 16.8 Å². The first-order chi connectivity index (χ1) is 14.3. The van der Waals surface area contributed by atoms with Crippen molar-refractivity contribution >= 4 is 29.5 Å². The van der Waals surface area contributed by atoms with Crippen LogP contribution in [0.3, 0.4) is 0 Å². The van der Waals surface area contributed by atoms with Crippen molar-refractivity contribution in [3.63, 3.8) is 0 Å². The van der Waals surface area contributed by atoms with Crippen LogP contribution in [0.2, 0.25) is 0 Å². The van der Waals surface area contributed by atoms with Crippen molar-refractivity contribution in [2.75, 3.05) is 5.32 Å². The number of carbonyl (C=O) groups is 4. The minimum atomic E-state index is -0.752. The Balaban J connectivity index is 1.73. The van der Waals surface area contributed by atoms with Gasteiger partial charge in [-0.25, -0.2) is 4.79 Å². The molecule has 1 aliphatic rings. The third kappa shape index (κ3) is 4.93. The summed E-state index contributed by atoms with van der Waals surface area (Å²) in [7, 11) is 0. The fraction of sp³-hybridized carbons (Fsp3) is 0.238. The number of carbonyl (C=O) groups excluding carboxylic acids is 4. The van der Waals surface area contributed by atoms with Gasteiger partial charge in [0.05, 0.1) is 0 Å². The van der Waals surface area contributed by atoms with Gasteiger partial charge in [-0.3, -0.25) is 19.7 Å². The van der Waals surface area contributed by atoms with Gasteiger partial charge in [-0.2, -0.15) is 0 Å². The molecule has 0 saturated carbocycles. The van der Waals surface area contributed by atoms with Crippen LogP contribution in [0.4, 0.5) is 10.5 Å². The van der Waals surface area contributed by atoms with E-state index in [1.54, 1.807) is 18.2 Å². The molecule has 0 aliphatic carbocycles. The average molecular weight is 410 g/mol. The molecule has 5 N–H and O–H groups in total. The average Bonchev–Trinajstić information content (AvgIpc) is 3.04. The molecule has 0 bridgehead atoms. The monoisotopic (exact) mass is 410 g/mol. The van der Waals surface area contributed by atoms with Gasteiger partial charge in [0.25, 0.3) is 5.91 Å². The van der Waals surface area contributed by atoms with Gasteiger partial charge in [-0.05, 0) is 17.7 Å². The number of benzene rings is 2. The second kappa shape index (κ2) is 9.08. The first kappa shape index (κ1) is 20.8. The Hall–Kier alpha value is -3.88. The standard InChI is InChI=1S/C21H22N4O5/c22-18(26)9-14(10-19(23)27)25-11-16-15(20(25)28)7-4-8-17(16)24-21(29)30-12-13-5-2-1-3-6-13/h1-8,14H,9-12H2,(H2,22,26)(H2,23,27)(H,24,29). The summed E-state index contributed by atoms with van der Waals surface area (Å²) in [4.78, 5) is 49.2. The highest BCUT2D eigenvalue weighted by atomic mass is 16.5. The van der Waals surface area contributed by atoms with Crippen LogP contribution in [0.25, 0.3) is 0 Å². The summed E-state index contributed by atoms with van der Waals surface area (Å²) < 4.78 is 5.23. The first-order valence-electron chi connectivity index (χ1n) is 9.32. The summed E-state index contributed by atoms with van der Waals surface area (Å²) in [5.41, 5.74) is 12.7. The number of amides is 4. The van der Waals surface area contributed by atoms with E-state index in [1.807, 2.05) is 30.3 Å². The van der Waals surface area contributed by atoms with Crippen molar-refractivity contribution in [3.8, 4) is 0 Å². The van der Waals surface area contributed by atoms with E-state index in [2.05, 4.69) is 5.32 Å². The highest BCUT2D eigenvalue weighted by Crippen LogP contribution is 2.32. The van der Waals surface area contributed by atoms with E-state index in [-0.39, 0.29) is 31.9 Å². The SMILES string of the molecule is NC(=O)CC(CC(N)=O)N1Cc2c(NC(=O)OCc3ccccc3)cccc2C1=O. The number of fused-ring (bicyclic) bond motifs is 1. The maximum atomic E-state index is 12.8. The molecule has 0 atom stereocenters. The molecular weight excluding hydrogens is 388 g/mol. The number of nitrogens with zero attached hydrogens (tertiary/aromatic N) is 1. The van der Waals surface area contributed by atoms with Gasteiger partial charge in [-0.1, -0.05) is 36.4 Å². The molecule has 9 heteroatoms. The van der Waals surface area contributed by atoms with Gasteiger partial charge in [0.2, 0.25) is 11.8 Å². The molecule has 1 aliphatic heterocycles. The third-order valence-electron chi connectivity index (χ3n) is 4.76. The summed E-state index contributed by atoms with van der Waals surface area (Å²) in [5.74, 6) is -1.65. The molecule has 156 valence electrons. The van der Waals surface area contributed by atoms with Crippen LogP contribution in [-0.2, 0) is 27.5 Å². The van der Waals surface area contributed by atoms with Crippen molar-refractivity contribution in [3.05, 3.63) is 65.2 Å². The van der Waals surface area contributed by atoms with Gasteiger partial charge >= 0.3 is 6.09 Å². The number of rotatable bonds is 8. The molecule has 9 nitrogen and oxygen atoms in total. The van der Waals surface area contributed by atoms with E-state index in [0.717, 1.165) is 5.56 Å². The van der Waals surface area contributed by atoms with Gasteiger partial charge < -0.3 is 21.1 Å². The normalized spacial score (nSPS) is 12.6. The Morgan fingerprint density at radius 1 is 1.00 bits per heavy atom. The maximum Gasteiger partial charge on any atom is 0.411 e. The number of hydrogen-bond donors (Lipinski definition) is 3. The van der Waals surface area contributed by atoms with Crippen LogP contribution in [0.15, 0.2) is 48.5 Å². The molecule has 4 amide bonds. The van der Waals surface area contributed by atoms with Crippen molar-refractivity contribution in [2.45, 2.75) is 32.0 Å². The van der Waals surface area contributed by atoms with Crippen LogP contribution in [0.1, 0.15) is 34.3 Å². The van der Waals surface area contributed by atoms with Gasteiger partial charge in [0.15, 0.2) is 0 Å². The highest BCUT2D eigenvalue weighted by molar-refractivity contribution is 6.02. The molecule has 2 aromatic rings. The molecule has 2 aromatic carbocycles. The highest BCUT2D eigenvalue weighted by Gasteiger charge is 2.35. The lowest BCUT2D eigenvalue weighted by atomic mass is 10.1. The third-order valence-corrected chi connectivity index (χ3v) is 4.76. The number of primary amides is 2. The van der Waals surface area contributed by atoms with Gasteiger partial charge in [0, 0.05) is 42.2 Å². The fourth-order valence-electron chi connectivity index (χ4n) is 3.39. The van der Waals surface area contributed by atoms with Crippen LogP contribution in [-0.4, -0.2) is 34.8 Å². The number of nitrogens with two attached hydrogens (primary N) is 2. The van der Waals surface area contributed by atoms with Crippen LogP contribution in [0, 0.1) is 0 Å². The zero-order chi connectivity index (χ0) is 21.7. The van der Waals surface area contributed by atoms with Crippen molar-refractivity contribution in [1.29, 1.82) is 0 Å². The van der Waals surface area contributed by atoms with E-state index < -0.39 is 23.9 Å². The zero-order valence-corrected chi connectivity index (χ0v) is 16.2. The molecule has 1 heterocycles. The fourth-order valence-corrected chi connectivity index (χ4v) is 3.39. The Labute approximate surface area is 173 Å². The molecule has 30 heavy (non-hydrogen) atoms. The number of anilines is 1. The molecule has 0 fully saturated rings. The van der Waals surface area contributed by atoms with Crippen molar-refractivity contribution in [2.24, 2.45) is 11.5 Å². The van der Waals surface area contributed by atoms with Crippen molar-refractivity contribution < 1.29 is 23.9 Å². The topological polar surface area (TPSA) is 145 Å². The van der Waals surface area contributed by atoms with E-state index >= 15 is 0 Å². The summed E-state index contributed by atoms with van der Waals surface area (Å²) in [6.07, 6.45) is -1.04. The second-order valence-corrected chi connectivity index (χ2v) is 6.95. The summed E-state index contributed by atoms with van der Waals surface area (Å²) >= 11 is 0. The molecule has 0 unspecified atom stereocenters. The van der Waals surface area contributed by atoms with E-state index in [4.69, 9.17) is 16.2 Å². The van der Waals surface area contributed by atoms with Crippen molar-refractivity contribution in [1.82, 2.24) is 4.90 Å². The minimum absolute atomic E-state index is 0.103. The molecule has 0 radical (unpaired) electrons. The molecular formula is C21H22N4O5. The number of nitrogens with one attached hydrogen (secondary N) is 1. The number of ether oxygens (including phenoxy) is 1. The van der Waals surface area contributed by atoms with Gasteiger partial charge in [0.1, 0.15) is 6.61 Å². The lowest BCUT2D eigenvalue weighted by molar-refractivity contribution is -0.121. The van der Waals surface area contributed by atoms with E-state index in [1.165, 1.54) is 4.90 Å². The molecule has 0 saturated heterocycles. The maximum absolute atomic E-state index is 12.8. The van der Waals surface area contributed by atoms with Crippen LogP contribution in [0.5, 0.6) is 0 Å². The van der Waals surface area contributed by atoms with Crippen LogP contribution >= 0.6 is 0 Å². The Kier molecular flexibility index (Phi) is 6.31. The Bertz CT molecular complexity index is 961. The zero-order valence-electron chi connectivity index (χ0n) is 16.2. The van der Waals surface area contributed by atoms with Gasteiger partial charge in [-0.15, -0.1) is 0 Å². The smallest absolute Gasteiger partial charge is 0.411 e. The van der Waals surface area contributed by atoms with E-state index in [9.17, 15) is 19.2 Å². The summed E-state index contributed by atoms with van der Waals surface area (Å²) in [6.45, 7) is 0.209. The second-order valence-electron chi connectivity index (χ2n) is 6.95. The number of hydrogen-bond acceptors (Lipinski definition) is 5. The first-order valence-corrected chi connectivity index (χ1v) is 9.32. The molecule has 0 aromatic heterocycles. The minimum Gasteiger partial charge on any atom is -0.444 e. The largest absolute Gasteiger partial charge is 0.444 e. The quantitative estimate of drug-likeness (QED) is 0.604. The Morgan fingerprint density at radius 2 is 1.67 bits per heavy atom. The summed E-state index contributed by atoms with van der Waals surface area (Å²) in [5, 5.41) is 2.65. The predicted octanol–water partition coefficient (Wildman–Crippen LogP) is 1.51.